The molecule has 88 valence electrons. The van der Waals surface area contributed by atoms with Crippen LogP contribution in [-0.4, -0.2) is 37.3 Å². The highest BCUT2D eigenvalue weighted by Crippen LogP contribution is 2.17. The average molecular weight is 239 g/mol. The minimum absolute atomic E-state index is 0.367. The molecule has 4 nitrogen and oxygen atoms in total. The lowest BCUT2D eigenvalue weighted by Crippen LogP contribution is -2.26. The third-order valence-corrected chi connectivity index (χ3v) is 2.49. The maximum Gasteiger partial charge on any atom is 0.138 e. The molecule has 0 bridgehead atoms. The molecule has 5 heteroatoms. The smallest absolute Gasteiger partial charge is 0.138 e. The van der Waals surface area contributed by atoms with Crippen LogP contribution in [0.5, 0.6) is 0 Å². The van der Waals surface area contributed by atoms with E-state index in [-0.39, 0.29) is 0 Å². The molecule has 0 saturated heterocycles. The van der Waals surface area contributed by atoms with E-state index < -0.39 is 0 Å². The van der Waals surface area contributed by atoms with Gasteiger partial charge in [-0.3, -0.25) is 0 Å². The van der Waals surface area contributed by atoms with Crippen molar-refractivity contribution in [2.45, 2.75) is 6.92 Å². The van der Waals surface area contributed by atoms with Crippen molar-refractivity contribution in [3.63, 3.8) is 0 Å². The van der Waals surface area contributed by atoms with Crippen molar-refractivity contribution in [1.82, 2.24) is 4.98 Å². The van der Waals surface area contributed by atoms with Crippen molar-refractivity contribution in [3.05, 3.63) is 23.4 Å². The summed E-state index contributed by atoms with van der Waals surface area (Å²) in [5.74, 6) is 0.810. The SMILES string of the molecule is COCCN(C)c1nc(C)ccc1C(N)=S. The lowest BCUT2D eigenvalue weighted by atomic mass is 10.2. The van der Waals surface area contributed by atoms with Gasteiger partial charge in [0.2, 0.25) is 0 Å². The van der Waals surface area contributed by atoms with Crippen LogP contribution in [0.4, 0.5) is 5.82 Å². The van der Waals surface area contributed by atoms with Gasteiger partial charge in [-0.15, -0.1) is 0 Å². The van der Waals surface area contributed by atoms with Crippen LogP contribution in [0.2, 0.25) is 0 Å². The Morgan fingerprint density at radius 1 is 1.56 bits per heavy atom. The van der Waals surface area contributed by atoms with Gasteiger partial charge in [0.15, 0.2) is 0 Å². The number of hydrogen-bond acceptors (Lipinski definition) is 4. The zero-order valence-electron chi connectivity index (χ0n) is 9.86. The normalized spacial score (nSPS) is 10.2. The Bertz CT molecular complexity index is 381. The van der Waals surface area contributed by atoms with Gasteiger partial charge < -0.3 is 15.4 Å². The molecule has 0 fully saturated rings. The fourth-order valence-corrected chi connectivity index (χ4v) is 1.52. The third kappa shape index (κ3) is 3.15. The van der Waals surface area contributed by atoms with Crippen molar-refractivity contribution in [2.24, 2.45) is 5.73 Å². The highest BCUT2D eigenvalue weighted by Gasteiger charge is 2.11. The fourth-order valence-electron chi connectivity index (χ4n) is 1.36. The standard InChI is InChI=1S/C11H17N3OS/c1-8-4-5-9(10(12)16)11(13-8)14(2)6-7-15-3/h4-5H,6-7H2,1-3H3,(H2,12,16). The second-order valence-corrected chi connectivity index (χ2v) is 4.04. The molecule has 1 rings (SSSR count). The molecular formula is C11H17N3OS. The van der Waals surface area contributed by atoms with Gasteiger partial charge in [-0.1, -0.05) is 12.2 Å². The van der Waals surface area contributed by atoms with Crippen LogP contribution in [0.25, 0.3) is 0 Å². The van der Waals surface area contributed by atoms with Crippen molar-refractivity contribution in [1.29, 1.82) is 0 Å². The number of aryl methyl sites for hydroxylation is 1. The van der Waals surface area contributed by atoms with E-state index in [1.807, 2.05) is 31.0 Å². The van der Waals surface area contributed by atoms with Gasteiger partial charge in [-0.05, 0) is 19.1 Å². The Morgan fingerprint density at radius 2 is 2.25 bits per heavy atom. The van der Waals surface area contributed by atoms with E-state index >= 15 is 0 Å². The molecule has 0 amide bonds. The van der Waals surface area contributed by atoms with Crippen LogP contribution in [0.1, 0.15) is 11.3 Å². The number of hydrogen-bond donors (Lipinski definition) is 1. The molecule has 0 aliphatic rings. The second kappa shape index (κ2) is 5.77. The first-order valence-corrected chi connectivity index (χ1v) is 5.44. The van der Waals surface area contributed by atoms with Crippen LogP contribution >= 0.6 is 12.2 Å². The fraction of sp³-hybridized carbons (Fsp3) is 0.455. The van der Waals surface area contributed by atoms with E-state index in [1.54, 1.807) is 7.11 Å². The van der Waals surface area contributed by atoms with Gasteiger partial charge in [0, 0.05) is 26.4 Å². The number of pyridine rings is 1. The first-order chi connectivity index (χ1) is 7.56. The van der Waals surface area contributed by atoms with E-state index in [0.29, 0.717) is 11.6 Å². The highest BCUT2D eigenvalue weighted by atomic mass is 32.1. The number of nitrogens with two attached hydrogens (primary N) is 1. The molecule has 0 aromatic carbocycles. The minimum atomic E-state index is 0.367. The predicted molar refractivity (Wildman–Crippen MR) is 70.0 cm³/mol. The van der Waals surface area contributed by atoms with Crippen molar-refractivity contribution < 1.29 is 4.74 Å². The summed E-state index contributed by atoms with van der Waals surface area (Å²) in [4.78, 5) is 6.81. The molecular weight excluding hydrogens is 222 g/mol. The topological polar surface area (TPSA) is 51.4 Å². The molecule has 0 radical (unpaired) electrons. The molecule has 0 spiro atoms. The summed E-state index contributed by atoms with van der Waals surface area (Å²) in [7, 11) is 3.62. The summed E-state index contributed by atoms with van der Waals surface area (Å²) in [6.45, 7) is 3.34. The first-order valence-electron chi connectivity index (χ1n) is 5.03. The van der Waals surface area contributed by atoms with Gasteiger partial charge in [-0.2, -0.15) is 0 Å². The number of rotatable bonds is 5. The van der Waals surface area contributed by atoms with Crippen molar-refractivity contribution >= 4 is 23.0 Å². The number of thiocarbonyl (C=S) groups is 1. The number of nitrogens with zero attached hydrogens (tertiary/aromatic N) is 2. The summed E-state index contributed by atoms with van der Waals surface area (Å²) >= 11 is 5.00. The van der Waals surface area contributed by atoms with Crippen molar-refractivity contribution in [2.75, 3.05) is 32.2 Å². The first kappa shape index (κ1) is 12.9. The molecule has 2 N–H and O–H groups in total. The molecule has 0 unspecified atom stereocenters. The molecule has 0 saturated carbocycles. The van der Waals surface area contributed by atoms with Gasteiger partial charge >= 0.3 is 0 Å². The molecule has 1 heterocycles. The number of ether oxygens (including phenoxy) is 1. The number of likely N-dealkylation sites (N-methyl/N-ethyl adjacent to an activating group) is 1. The summed E-state index contributed by atoms with van der Waals surface area (Å²) in [5.41, 5.74) is 7.41. The summed E-state index contributed by atoms with van der Waals surface area (Å²) in [5, 5.41) is 0. The van der Waals surface area contributed by atoms with E-state index in [2.05, 4.69) is 4.98 Å². The van der Waals surface area contributed by atoms with Crippen LogP contribution in [-0.2, 0) is 4.74 Å². The molecule has 1 aromatic heterocycles. The lowest BCUT2D eigenvalue weighted by molar-refractivity contribution is 0.206. The second-order valence-electron chi connectivity index (χ2n) is 3.60. The monoisotopic (exact) mass is 239 g/mol. The molecule has 0 aliphatic carbocycles. The average Bonchev–Trinajstić information content (AvgIpc) is 2.25. The summed E-state index contributed by atoms with van der Waals surface area (Å²) < 4.78 is 5.03. The van der Waals surface area contributed by atoms with Gasteiger partial charge in [-0.25, -0.2) is 4.98 Å². The quantitative estimate of drug-likeness (QED) is 0.780. The minimum Gasteiger partial charge on any atom is -0.389 e. The van der Waals surface area contributed by atoms with E-state index in [1.165, 1.54) is 0 Å². The molecule has 1 aromatic rings. The summed E-state index contributed by atoms with van der Waals surface area (Å²) in [6.07, 6.45) is 0. The van der Waals surface area contributed by atoms with E-state index in [9.17, 15) is 0 Å². The largest absolute Gasteiger partial charge is 0.389 e. The number of aromatic nitrogens is 1. The van der Waals surface area contributed by atoms with Crippen LogP contribution in [0.3, 0.4) is 0 Å². The van der Waals surface area contributed by atoms with Crippen molar-refractivity contribution in [3.8, 4) is 0 Å². The Morgan fingerprint density at radius 3 is 2.81 bits per heavy atom. The lowest BCUT2D eigenvalue weighted by Gasteiger charge is -2.20. The Labute approximate surface area is 101 Å². The van der Waals surface area contributed by atoms with Gasteiger partial charge in [0.1, 0.15) is 10.8 Å². The molecule has 0 aliphatic heterocycles. The van der Waals surface area contributed by atoms with Gasteiger partial charge in [0.25, 0.3) is 0 Å². The maximum atomic E-state index is 5.66. The Balaban J connectivity index is 2.99. The van der Waals surface area contributed by atoms with Crippen LogP contribution in [0.15, 0.2) is 12.1 Å². The maximum absolute atomic E-state index is 5.66. The molecule has 16 heavy (non-hydrogen) atoms. The van der Waals surface area contributed by atoms with Crippen LogP contribution < -0.4 is 10.6 Å². The van der Waals surface area contributed by atoms with E-state index in [0.717, 1.165) is 23.6 Å². The third-order valence-electron chi connectivity index (χ3n) is 2.27. The van der Waals surface area contributed by atoms with E-state index in [4.69, 9.17) is 22.7 Å². The van der Waals surface area contributed by atoms with Gasteiger partial charge in [0.05, 0.1) is 12.2 Å². The number of methoxy groups -OCH3 is 1. The zero-order valence-corrected chi connectivity index (χ0v) is 10.7. The van der Waals surface area contributed by atoms with Crippen LogP contribution in [0, 0.1) is 6.92 Å². The molecule has 0 atom stereocenters. The zero-order chi connectivity index (χ0) is 12.1. The predicted octanol–water partition coefficient (Wildman–Crippen LogP) is 1.11. The highest BCUT2D eigenvalue weighted by molar-refractivity contribution is 7.80. The summed E-state index contributed by atoms with van der Waals surface area (Å²) in [6, 6.07) is 3.81. The number of anilines is 1. The Kier molecular flexibility index (Phi) is 4.64. The Hall–Kier alpha value is -1.20.